The molecule has 0 aromatic rings. The van der Waals surface area contributed by atoms with Gasteiger partial charge in [-0.15, -0.1) is 0 Å². The lowest BCUT2D eigenvalue weighted by atomic mass is 9.86. The minimum absolute atomic E-state index is 0.476. The first-order valence-corrected chi connectivity index (χ1v) is 5.67. The van der Waals surface area contributed by atoms with Crippen LogP contribution in [0, 0.1) is 0 Å². The molecule has 0 aliphatic heterocycles. The molecule has 1 aliphatic carbocycles. The fourth-order valence-corrected chi connectivity index (χ4v) is 2.02. The largest absolute Gasteiger partial charge is 0.386 e. The van der Waals surface area contributed by atoms with Gasteiger partial charge in [-0.05, 0) is 19.3 Å². The van der Waals surface area contributed by atoms with Crippen LogP contribution in [0.1, 0.15) is 58.3 Å². The Balaban J connectivity index is 2.46. The van der Waals surface area contributed by atoms with Gasteiger partial charge in [-0.1, -0.05) is 51.2 Å². The topological polar surface area (TPSA) is 20.2 Å². The molecule has 0 aromatic carbocycles. The quantitative estimate of drug-likeness (QED) is 0.649. The maximum Gasteiger partial charge on any atom is 0.0827 e. The van der Waals surface area contributed by atoms with Crippen molar-refractivity contribution < 1.29 is 5.11 Å². The van der Waals surface area contributed by atoms with E-state index in [4.69, 9.17) is 0 Å². The van der Waals surface area contributed by atoms with Crippen LogP contribution in [0.2, 0.25) is 0 Å². The standard InChI is InChI=1S/C12H22O/c1-2-3-9-12(13)10-7-5-4-6-8-11-12/h3,9,13H,2,4-8,10-11H2,1H3. The first kappa shape index (κ1) is 10.8. The fourth-order valence-electron chi connectivity index (χ4n) is 2.02. The van der Waals surface area contributed by atoms with Crippen molar-refractivity contribution in [1.82, 2.24) is 0 Å². The summed E-state index contributed by atoms with van der Waals surface area (Å²) < 4.78 is 0. The lowest BCUT2D eigenvalue weighted by Gasteiger charge is -2.26. The molecule has 0 radical (unpaired) electrons. The second-order valence-electron chi connectivity index (χ2n) is 4.18. The Morgan fingerprint density at radius 1 is 1.08 bits per heavy atom. The molecule has 1 rings (SSSR count). The second kappa shape index (κ2) is 5.43. The monoisotopic (exact) mass is 182 g/mol. The summed E-state index contributed by atoms with van der Waals surface area (Å²) in [5.41, 5.74) is -0.476. The van der Waals surface area contributed by atoms with Gasteiger partial charge in [0.2, 0.25) is 0 Å². The molecular weight excluding hydrogens is 160 g/mol. The molecule has 76 valence electrons. The number of hydrogen-bond donors (Lipinski definition) is 1. The summed E-state index contributed by atoms with van der Waals surface area (Å²) in [5.74, 6) is 0. The predicted octanol–water partition coefficient (Wildman–Crippen LogP) is 3.43. The highest BCUT2D eigenvalue weighted by molar-refractivity contribution is 5.00. The molecule has 13 heavy (non-hydrogen) atoms. The molecule has 1 fully saturated rings. The molecule has 0 unspecified atom stereocenters. The van der Waals surface area contributed by atoms with Crippen LogP contribution in [0.4, 0.5) is 0 Å². The van der Waals surface area contributed by atoms with E-state index in [-0.39, 0.29) is 0 Å². The minimum Gasteiger partial charge on any atom is -0.386 e. The highest BCUT2D eigenvalue weighted by Gasteiger charge is 2.23. The summed E-state index contributed by atoms with van der Waals surface area (Å²) in [7, 11) is 0. The van der Waals surface area contributed by atoms with Crippen LogP contribution in [0.25, 0.3) is 0 Å². The predicted molar refractivity (Wildman–Crippen MR) is 56.7 cm³/mol. The second-order valence-corrected chi connectivity index (χ2v) is 4.18. The molecule has 0 amide bonds. The first-order valence-electron chi connectivity index (χ1n) is 5.67. The van der Waals surface area contributed by atoms with Crippen molar-refractivity contribution in [3.8, 4) is 0 Å². The van der Waals surface area contributed by atoms with Crippen molar-refractivity contribution in [2.45, 2.75) is 63.9 Å². The lowest BCUT2D eigenvalue weighted by molar-refractivity contribution is 0.0618. The maximum atomic E-state index is 10.2. The Hall–Kier alpha value is -0.300. The molecule has 1 aliphatic rings. The van der Waals surface area contributed by atoms with Gasteiger partial charge in [-0.25, -0.2) is 0 Å². The Kier molecular flexibility index (Phi) is 4.51. The van der Waals surface area contributed by atoms with Gasteiger partial charge in [-0.3, -0.25) is 0 Å². The van der Waals surface area contributed by atoms with E-state index in [2.05, 4.69) is 13.0 Å². The zero-order chi connectivity index (χ0) is 9.57. The van der Waals surface area contributed by atoms with Crippen LogP contribution in [0.3, 0.4) is 0 Å². The van der Waals surface area contributed by atoms with Gasteiger partial charge < -0.3 is 5.11 Å². The molecular formula is C12H22O. The van der Waals surface area contributed by atoms with Crippen LogP contribution in [-0.4, -0.2) is 10.7 Å². The molecule has 1 N–H and O–H groups in total. The van der Waals surface area contributed by atoms with Crippen molar-refractivity contribution >= 4 is 0 Å². The van der Waals surface area contributed by atoms with E-state index in [0.29, 0.717) is 0 Å². The third kappa shape index (κ3) is 3.95. The van der Waals surface area contributed by atoms with Crippen molar-refractivity contribution in [3.63, 3.8) is 0 Å². The zero-order valence-electron chi connectivity index (χ0n) is 8.76. The summed E-state index contributed by atoms with van der Waals surface area (Å²) in [6, 6.07) is 0. The van der Waals surface area contributed by atoms with Crippen molar-refractivity contribution in [3.05, 3.63) is 12.2 Å². The Morgan fingerprint density at radius 2 is 1.62 bits per heavy atom. The average molecular weight is 182 g/mol. The summed E-state index contributed by atoms with van der Waals surface area (Å²) in [4.78, 5) is 0. The Bertz CT molecular complexity index is 153. The lowest BCUT2D eigenvalue weighted by Crippen LogP contribution is -2.26. The summed E-state index contributed by atoms with van der Waals surface area (Å²) in [6.45, 7) is 2.11. The molecule has 0 atom stereocenters. The van der Waals surface area contributed by atoms with E-state index in [9.17, 15) is 5.11 Å². The van der Waals surface area contributed by atoms with Crippen LogP contribution in [-0.2, 0) is 0 Å². The van der Waals surface area contributed by atoms with Gasteiger partial charge in [-0.2, -0.15) is 0 Å². The molecule has 1 saturated carbocycles. The van der Waals surface area contributed by atoms with Crippen LogP contribution < -0.4 is 0 Å². The summed E-state index contributed by atoms with van der Waals surface area (Å²) in [5, 5.41) is 10.2. The first-order chi connectivity index (χ1) is 6.27. The number of aliphatic hydroxyl groups is 1. The SMILES string of the molecule is CCC=CC1(O)CCCCCCC1. The molecule has 1 nitrogen and oxygen atoms in total. The van der Waals surface area contributed by atoms with Crippen LogP contribution in [0.15, 0.2) is 12.2 Å². The third-order valence-electron chi connectivity index (χ3n) is 2.88. The van der Waals surface area contributed by atoms with Crippen molar-refractivity contribution in [2.75, 3.05) is 0 Å². The molecule has 0 saturated heterocycles. The highest BCUT2D eigenvalue weighted by Crippen LogP contribution is 2.27. The van der Waals surface area contributed by atoms with E-state index in [1.165, 1.54) is 32.1 Å². The highest BCUT2D eigenvalue weighted by atomic mass is 16.3. The Labute approximate surface area is 81.9 Å². The van der Waals surface area contributed by atoms with Gasteiger partial charge in [0.15, 0.2) is 0 Å². The molecule has 0 aromatic heterocycles. The molecule has 1 heteroatoms. The van der Waals surface area contributed by atoms with Crippen molar-refractivity contribution in [1.29, 1.82) is 0 Å². The number of allylic oxidation sites excluding steroid dienone is 1. The van der Waals surface area contributed by atoms with E-state index >= 15 is 0 Å². The van der Waals surface area contributed by atoms with Crippen LogP contribution >= 0.6 is 0 Å². The van der Waals surface area contributed by atoms with E-state index in [1.54, 1.807) is 0 Å². The fraction of sp³-hybridized carbons (Fsp3) is 0.833. The number of hydrogen-bond acceptors (Lipinski definition) is 1. The van der Waals surface area contributed by atoms with Gasteiger partial charge in [0.05, 0.1) is 5.60 Å². The normalized spacial score (nSPS) is 24.2. The van der Waals surface area contributed by atoms with Gasteiger partial charge in [0.1, 0.15) is 0 Å². The third-order valence-corrected chi connectivity index (χ3v) is 2.88. The average Bonchev–Trinajstić information content (AvgIpc) is 2.09. The van der Waals surface area contributed by atoms with Crippen LogP contribution in [0.5, 0.6) is 0 Å². The van der Waals surface area contributed by atoms with E-state index in [1.807, 2.05) is 6.08 Å². The zero-order valence-corrected chi connectivity index (χ0v) is 8.76. The molecule has 0 spiro atoms. The van der Waals surface area contributed by atoms with E-state index in [0.717, 1.165) is 19.3 Å². The molecule has 0 heterocycles. The van der Waals surface area contributed by atoms with Crippen molar-refractivity contribution in [2.24, 2.45) is 0 Å². The molecule has 0 bridgehead atoms. The Morgan fingerprint density at radius 3 is 2.15 bits per heavy atom. The van der Waals surface area contributed by atoms with E-state index < -0.39 is 5.60 Å². The summed E-state index contributed by atoms with van der Waals surface area (Å²) >= 11 is 0. The van der Waals surface area contributed by atoms with Gasteiger partial charge in [0.25, 0.3) is 0 Å². The number of rotatable bonds is 2. The summed E-state index contributed by atoms with van der Waals surface area (Å²) in [6.07, 6.45) is 13.4. The minimum atomic E-state index is -0.476. The van der Waals surface area contributed by atoms with Gasteiger partial charge >= 0.3 is 0 Å². The smallest absolute Gasteiger partial charge is 0.0827 e. The van der Waals surface area contributed by atoms with Gasteiger partial charge in [0, 0.05) is 0 Å². The maximum absolute atomic E-state index is 10.2.